The third kappa shape index (κ3) is 4.17. The monoisotopic (exact) mass is 471 g/mol. The van der Waals surface area contributed by atoms with Crippen LogP contribution in [0.3, 0.4) is 0 Å². The number of hydrogen-bond acceptors (Lipinski definition) is 6. The van der Waals surface area contributed by atoms with Crippen LogP contribution in [0.2, 0.25) is 5.02 Å². The first-order valence-corrected chi connectivity index (χ1v) is 11.3. The van der Waals surface area contributed by atoms with Crippen molar-refractivity contribution in [2.45, 2.75) is 17.7 Å². The minimum absolute atomic E-state index is 0.0717. The Morgan fingerprint density at radius 1 is 1.12 bits per heavy atom. The Morgan fingerprint density at radius 2 is 1.88 bits per heavy atom. The molecule has 1 N–H and O–H groups in total. The zero-order valence-electron chi connectivity index (χ0n) is 16.9. The van der Waals surface area contributed by atoms with Gasteiger partial charge in [0.05, 0.1) is 17.5 Å². The number of fused-ring (bicyclic) bond motifs is 1. The summed E-state index contributed by atoms with van der Waals surface area (Å²) in [5.41, 5.74) is 2.27. The largest absolute Gasteiger partial charge is 0.481 e. The van der Waals surface area contributed by atoms with Crippen LogP contribution in [-0.2, 0) is 21.2 Å². The highest BCUT2D eigenvalue weighted by Gasteiger charge is 2.22. The van der Waals surface area contributed by atoms with E-state index in [9.17, 15) is 13.2 Å². The second-order valence-corrected chi connectivity index (χ2v) is 9.25. The molecule has 4 aromatic rings. The zero-order chi connectivity index (χ0) is 22.9. The van der Waals surface area contributed by atoms with E-state index in [-0.39, 0.29) is 23.7 Å². The van der Waals surface area contributed by atoms with Gasteiger partial charge in [0.2, 0.25) is 0 Å². The van der Waals surface area contributed by atoms with Gasteiger partial charge < -0.3 is 9.84 Å². The Balaban J connectivity index is 1.80. The molecule has 0 amide bonds. The van der Waals surface area contributed by atoms with E-state index in [4.69, 9.17) is 21.4 Å². The number of benzene rings is 2. The molecule has 0 aliphatic rings. The summed E-state index contributed by atoms with van der Waals surface area (Å²) in [6.45, 7) is 0. The van der Waals surface area contributed by atoms with E-state index in [0.717, 1.165) is 0 Å². The number of aromatic nitrogens is 3. The van der Waals surface area contributed by atoms with Gasteiger partial charge in [0.15, 0.2) is 0 Å². The molecular formula is C22H18ClN3O5S. The Kier molecular flexibility index (Phi) is 5.86. The fraction of sp³-hybridized carbons (Fsp3) is 0.136. The highest BCUT2D eigenvalue weighted by atomic mass is 35.5. The molecule has 0 atom stereocenters. The van der Waals surface area contributed by atoms with Crippen molar-refractivity contribution in [3.63, 3.8) is 0 Å². The Hall–Kier alpha value is -3.43. The summed E-state index contributed by atoms with van der Waals surface area (Å²) in [4.78, 5) is 19.2. The van der Waals surface area contributed by atoms with Crippen LogP contribution in [0.15, 0.2) is 66.0 Å². The van der Waals surface area contributed by atoms with Crippen LogP contribution in [-0.4, -0.2) is 40.5 Å². The number of nitrogens with zero attached hydrogens (tertiary/aromatic N) is 3. The molecule has 0 spiro atoms. The lowest BCUT2D eigenvalue weighted by atomic mass is 10.1. The molecule has 2 aromatic heterocycles. The summed E-state index contributed by atoms with van der Waals surface area (Å²) in [6, 6.07) is 11.5. The van der Waals surface area contributed by atoms with Crippen molar-refractivity contribution in [1.29, 1.82) is 0 Å². The molecule has 0 radical (unpaired) electrons. The lowest BCUT2D eigenvalue weighted by Gasteiger charge is -2.09. The summed E-state index contributed by atoms with van der Waals surface area (Å²) in [6.07, 6.45) is 4.61. The van der Waals surface area contributed by atoms with Crippen molar-refractivity contribution >= 4 is 38.5 Å². The molecule has 0 aliphatic heterocycles. The highest BCUT2D eigenvalue weighted by molar-refractivity contribution is 7.90. The third-order valence-corrected chi connectivity index (χ3v) is 6.86. The van der Waals surface area contributed by atoms with Gasteiger partial charge >= 0.3 is 12.0 Å². The molecule has 0 aliphatic carbocycles. The van der Waals surface area contributed by atoms with Crippen molar-refractivity contribution in [3.05, 3.63) is 71.6 Å². The van der Waals surface area contributed by atoms with Gasteiger partial charge in [-0.1, -0.05) is 23.7 Å². The maximum atomic E-state index is 13.5. The first kappa shape index (κ1) is 21.8. The summed E-state index contributed by atoms with van der Waals surface area (Å²) in [5, 5.41) is 10.1. The molecule has 2 heterocycles. The van der Waals surface area contributed by atoms with Crippen LogP contribution in [0.4, 0.5) is 0 Å². The van der Waals surface area contributed by atoms with Gasteiger partial charge in [0.1, 0.15) is 0 Å². The van der Waals surface area contributed by atoms with Gasteiger partial charge in [0, 0.05) is 41.0 Å². The second kappa shape index (κ2) is 8.60. The van der Waals surface area contributed by atoms with Crippen LogP contribution in [0.1, 0.15) is 12.0 Å². The number of rotatable bonds is 7. The van der Waals surface area contributed by atoms with Crippen molar-refractivity contribution in [3.8, 4) is 17.1 Å². The fourth-order valence-corrected chi connectivity index (χ4v) is 5.01. The van der Waals surface area contributed by atoms with E-state index in [1.165, 1.54) is 23.3 Å². The van der Waals surface area contributed by atoms with Gasteiger partial charge in [-0.05, 0) is 47.9 Å². The van der Waals surface area contributed by atoms with E-state index >= 15 is 0 Å². The number of carbonyl (C=O) groups is 1. The predicted molar refractivity (Wildman–Crippen MR) is 120 cm³/mol. The maximum absolute atomic E-state index is 13.5. The first-order chi connectivity index (χ1) is 15.3. The van der Waals surface area contributed by atoms with Crippen LogP contribution in [0, 0.1) is 0 Å². The number of hydrogen-bond donors (Lipinski definition) is 1. The van der Waals surface area contributed by atoms with E-state index in [1.54, 1.807) is 48.8 Å². The average molecular weight is 472 g/mol. The lowest BCUT2D eigenvalue weighted by Crippen LogP contribution is -2.12. The SMILES string of the molecule is COc1ncc(-c2cccc(S(=O)(=O)n3cc(CCC(=O)O)c4cc(Cl)ccc43)c2)cn1. The average Bonchev–Trinajstić information content (AvgIpc) is 3.16. The standard InChI is InChI=1S/C22H18ClN3O5S/c1-31-22-24-11-16(12-25-22)14-3-2-4-18(9-14)32(29,30)26-13-15(5-8-21(27)28)19-10-17(23)6-7-20(19)26/h2-4,6-7,9-13H,5,8H2,1H3,(H,27,28). The summed E-state index contributed by atoms with van der Waals surface area (Å²) < 4.78 is 33.2. The number of aliphatic carboxylic acids is 1. The van der Waals surface area contributed by atoms with Crippen LogP contribution in [0.5, 0.6) is 6.01 Å². The minimum Gasteiger partial charge on any atom is -0.481 e. The Labute approximate surface area is 189 Å². The summed E-state index contributed by atoms with van der Waals surface area (Å²) in [5.74, 6) is -0.967. The van der Waals surface area contributed by atoms with E-state index < -0.39 is 16.0 Å². The molecule has 0 saturated heterocycles. The minimum atomic E-state index is -3.98. The maximum Gasteiger partial charge on any atom is 0.316 e. The van der Waals surface area contributed by atoms with Crippen molar-refractivity contribution in [2.75, 3.05) is 7.11 Å². The fourth-order valence-electron chi connectivity index (χ4n) is 3.40. The molecule has 2 aromatic carbocycles. The molecule has 10 heteroatoms. The van der Waals surface area contributed by atoms with Gasteiger partial charge in [-0.25, -0.2) is 22.4 Å². The number of carboxylic acid groups (broad SMARTS) is 1. The first-order valence-electron chi connectivity index (χ1n) is 9.53. The number of halogens is 1. The number of methoxy groups -OCH3 is 1. The van der Waals surface area contributed by atoms with Gasteiger partial charge in [-0.2, -0.15) is 0 Å². The van der Waals surface area contributed by atoms with Crippen LogP contribution < -0.4 is 4.74 Å². The Bertz CT molecular complexity index is 1420. The van der Waals surface area contributed by atoms with Crippen molar-refractivity contribution in [1.82, 2.24) is 13.9 Å². The quantitative estimate of drug-likeness (QED) is 0.433. The molecule has 4 rings (SSSR count). The molecule has 32 heavy (non-hydrogen) atoms. The molecule has 0 fully saturated rings. The molecule has 0 saturated carbocycles. The number of carboxylic acids is 1. The molecular weight excluding hydrogens is 454 g/mol. The topological polar surface area (TPSA) is 111 Å². The molecule has 8 nitrogen and oxygen atoms in total. The van der Waals surface area contributed by atoms with E-state index in [1.807, 2.05) is 0 Å². The Morgan fingerprint density at radius 3 is 2.56 bits per heavy atom. The van der Waals surface area contributed by atoms with Crippen LogP contribution >= 0.6 is 11.6 Å². The number of aryl methyl sites for hydroxylation is 1. The normalized spacial score (nSPS) is 11.6. The second-order valence-electron chi connectivity index (χ2n) is 7.00. The van der Waals surface area contributed by atoms with Gasteiger partial charge in [0.25, 0.3) is 10.0 Å². The smallest absolute Gasteiger partial charge is 0.316 e. The zero-order valence-corrected chi connectivity index (χ0v) is 18.5. The highest BCUT2D eigenvalue weighted by Crippen LogP contribution is 2.30. The van der Waals surface area contributed by atoms with Crippen LogP contribution in [0.25, 0.3) is 22.0 Å². The summed E-state index contributed by atoms with van der Waals surface area (Å²) in [7, 11) is -2.52. The molecule has 0 unspecified atom stereocenters. The molecule has 0 bridgehead atoms. The van der Waals surface area contributed by atoms with Gasteiger partial charge in [-0.3, -0.25) is 4.79 Å². The van der Waals surface area contributed by atoms with Crippen molar-refractivity contribution < 1.29 is 23.1 Å². The van der Waals surface area contributed by atoms with Gasteiger partial charge in [-0.15, -0.1) is 0 Å². The summed E-state index contributed by atoms with van der Waals surface area (Å²) >= 11 is 6.11. The van der Waals surface area contributed by atoms with E-state index in [2.05, 4.69) is 9.97 Å². The van der Waals surface area contributed by atoms with E-state index in [0.29, 0.717) is 32.6 Å². The molecule has 164 valence electrons. The third-order valence-electron chi connectivity index (χ3n) is 4.96. The van der Waals surface area contributed by atoms with Crippen molar-refractivity contribution in [2.24, 2.45) is 0 Å². The predicted octanol–water partition coefficient (Wildman–Crippen LogP) is 4.01. The number of ether oxygens (including phenoxy) is 1. The lowest BCUT2D eigenvalue weighted by molar-refractivity contribution is -0.136.